The molecule has 0 aliphatic heterocycles. The molecule has 1 amide bonds. The van der Waals surface area contributed by atoms with E-state index >= 15 is 0 Å². The van der Waals surface area contributed by atoms with Crippen LogP contribution >= 0.6 is 0 Å². The topological polar surface area (TPSA) is 29.1 Å². The number of halogens is 1. The summed E-state index contributed by atoms with van der Waals surface area (Å²) in [6, 6.07) is 5.93. The van der Waals surface area contributed by atoms with Crippen LogP contribution in [0.25, 0.3) is 0 Å². The van der Waals surface area contributed by atoms with E-state index in [1.807, 2.05) is 0 Å². The first kappa shape index (κ1) is 12.1. The maximum absolute atomic E-state index is 12.7. The highest BCUT2D eigenvalue weighted by atomic mass is 19.1. The summed E-state index contributed by atoms with van der Waals surface area (Å²) in [6.07, 6.45) is 4.61. The van der Waals surface area contributed by atoms with Crippen molar-refractivity contribution in [3.63, 3.8) is 0 Å². The largest absolute Gasteiger partial charge is 0.349 e. The second kappa shape index (κ2) is 5.30. The summed E-state index contributed by atoms with van der Waals surface area (Å²) in [7, 11) is 0. The van der Waals surface area contributed by atoms with Crippen molar-refractivity contribution in [1.29, 1.82) is 0 Å². The van der Waals surface area contributed by atoms with Crippen molar-refractivity contribution in [3.05, 3.63) is 35.6 Å². The van der Waals surface area contributed by atoms with E-state index in [-0.39, 0.29) is 17.8 Å². The van der Waals surface area contributed by atoms with Crippen molar-refractivity contribution in [2.24, 2.45) is 5.92 Å². The first-order valence-electron chi connectivity index (χ1n) is 6.25. The van der Waals surface area contributed by atoms with Crippen LogP contribution in [0.4, 0.5) is 4.39 Å². The summed E-state index contributed by atoms with van der Waals surface area (Å²) in [6.45, 7) is 2.08. The van der Waals surface area contributed by atoms with Crippen molar-refractivity contribution < 1.29 is 9.18 Å². The fourth-order valence-electron chi connectivity index (χ4n) is 1.95. The van der Waals surface area contributed by atoms with E-state index in [9.17, 15) is 9.18 Å². The van der Waals surface area contributed by atoms with Gasteiger partial charge in [0, 0.05) is 11.6 Å². The first-order valence-corrected chi connectivity index (χ1v) is 6.25. The lowest BCUT2D eigenvalue weighted by atomic mass is 10.1. The molecule has 0 heterocycles. The molecule has 1 N–H and O–H groups in total. The molecule has 0 radical (unpaired) electrons. The molecule has 92 valence electrons. The predicted molar refractivity (Wildman–Crippen MR) is 65.3 cm³/mol. The quantitative estimate of drug-likeness (QED) is 0.834. The Morgan fingerprint density at radius 2 is 2.06 bits per heavy atom. The molecule has 1 atom stereocenters. The predicted octanol–water partition coefficient (Wildman–Crippen LogP) is 3.13. The van der Waals surface area contributed by atoms with Crippen molar-refractivity contribution in [3.8, 4) is 0 Å². The molecular formula is C14H18FNO. The standard InChI is InChI=1S/C14H18FNO/c1-2-13(9-10-3-4-10)16-14(17)11-5-7-12(15)8-6-11/h5-8,10,13H,2-4,9H2,1H3,(H,16,17). The molecule has 1 aromatic rings. The van der Waals surface area contributed by atoms with E-state index in [4.69, 9.17) is 0 Å². The Morgan fingerprint density at radius 1 is 1.41 bits per heavy atom. The minimum atomic E-state index is -0.313. The Bertz CT molecular complexity index is 384. The lowest BCUT2D eigenvalue weighted by Gasteiger charge is -2.16. The Morgan fingerprint density at radius 3 is 2.59 bits per heavy atom. The van der Waals surface area contributed by atoms with Gasteiger partial charge in [-0.15, -0.1) is 0 Å². The normalized spacial score (nSPS) is 16.6. The van der Waals surface area contributed by atoms with E-state index < -0.39 is 0 Å². The number of hydrogen-bond donors (Lipinski definition) is 1. The zero-order valence-electron chi connectivity index (χ0n) is 10.1. The third-order valence-corrected chi connectivity index (χ3v) is 3.25. The van der Waals surface area contributed by atoms with Crippen molar-refractivity contribution in [2.75, 3.05) is 0 Å². The van der Waals surface area contributed by atoms with E-state index in [0.717, 1.165) is 18.8 Å². The zero-order chi connectivity index (χ0) is 12.3. The van der Waals surface area contributed by atoms with Gasteiger partial charge in [-0.1, -0.05) is 19.8 Å². The van der Waals surface area contributed by atoms with Crippen LogP contribution in [0.2, 0.25) is 0 Å². The van der Waals surface area contributed by atoms with Gasteiger partial charge in [0.05, 0.1) is 0 Å². The molecule has 1 aliphatic rings. The second-order valence-electron chi connectivity index (χ2n) is 4.76. The van der Waals surface area contributed by atoms with E-state index in [1.54, 1.807) is 0 Å². The Kier molecular flexibility index (Phi) is 3.77. The number of benzene rings is 1. The van der Waals surface area contributed by atoms with Gasteiger partial charge in [0.15, 0.2) is 0 Å². The third kappa shape index (κ3) is 3.55. The lowest BCUT2D eigenvalue weighted by molar-refractivity contribution is 0.0932. The number of hydrogen-bond acceptors (Lipinski definition) is 1. The van der Waals surface area contributed by atoms with Crippen molar-refractivity contribution >= 4 is 5.91 Å². The summed E-state index contributed by atoms with van der Waals surface area (Å²) in [5, 5.41) is 3.01. The van der Waals surface area contributed by atoms with Gasteiger partial charge in [0.1, 0.15) is 5.82 Å². The fourth-order valence-corrected chi connectivity index (χ4v) is 1.95. The Labute approximate surface area is 101 Å². The lowest BCUT2D eigenvalue weighted by Crippen LogP contribution is -2.34. The molecule has 1 unspecified atom stereocenters. The number of nitrogens with one attached hydrogen (secondary N) is 1. The van der Waals surface area contributed by atoms with Crippen LogP contribution in [0.5, 0.6) is 0 Å². The number of carbonyl (C=O) groups excluding carboxylic acids is 1. The van der Waals surface area contributed by atoms with Crippen LogP contribution in [0.1, 0.15) is 43.0 Å². The van der Waals surface area contributed by atoms with E-state index in [1.165, 1.54) is 37.1 Å². The molecule has 17 heavy (non-hydrogen) atoms. The summed E-state index contributed by atoms with van der Waals surface area (Å²) >= 11 is 0. The molecule has 0 bridgehead atoms. The van der Waals surface area contributed by atoms with Gasteiger partial charge in [0.2, 0.25) is 0 Å². The maximum Gasteiger partial charge on any atom is 0.251 e. The smallest absolute Gasteiger partial charge is 0.251 e. The molecule has 1 aliphatic carbocycles. The van der Waals surface area contributed by atoms with Crippen LogP contribution in [0, 0.1) is 11.7 Å². The van der Waals surface area contributed by atoms with Crippen LogP contribution in [0.15, 0.2) is 24.3 Å². The summed E-state index contributed by atoms with van der Waals surface area (Å²) < 4.78 is 12.7. The van der Waals surface area contributed by atoms with Gasteiger partial charge in [-0.3, -0.25) is 4.79 Å². The van der Waals surface area contributed by atoms with E-state index in [2.05, 4.69) is 12.2 Å². The first-order chi connectivity index (χ1) is 8.19. The van der Waals surface area contributed by atoms with Crippen LogP contribution in [0.3, 0.4) is 0 Å². The minimum Gasteiger partial charge on any atom is -0.349 e. The molecule has 0 saturated heterocycles. The van der Waals surface area contributed by atoms with Gasteiger partial charge in [-0.2, -0.15) is 0 Å². The van der Waals surface area contributed by atoms with Crippen molar-refractivity contribution in [2.45, 2.75) is 38.6 Å². The molecule has 3 heteroatoms. The van der Waals surface area contributed by atoms with Gasteiger partial charge >= 0.3 is 0 Å². The number of rotatable bonds is 5. The summed E-state index contributed by atoms with van der Waals surface area (Å²) in [5.74, 6) is 0.387. The molecule has 0 spiro atoms. The SMILES string of the molecule is CCC(CC1CC1)NC(=O)c1ccc(F)cc1. The monoisotopic (exact) mass is 235 g/mol. The summed E-state index contributed by atoms with van der Waals surface area (Å²) in [4.78, 5) is 11.9. The molecule has 1 saturated carbocycles. The molecular weight excluding hydrogens is 217 g/mol. The second-order valence-corrected chi connectivity index (χ2v) is 4.76. The maximum atomic E-state index is 12.7. The van der Waals surface area contributed by atoms with E-state index in [0.29, 0.717) is 5.56 Å². The van der Waals surface area contributed by atoms with Crippen molar-refractivity contribution in [1.82, 2.24) is 5.32 Å². The van der Waals surface area contributed by atoms with Gasteiger partial charge in [-0.05, 0) is 43.0 Å². The van der Waals surface area contributed by atoms with Gasteiger partial charge < -0.3 is 5.32 Å². The zero-order valence-corrected chi connectivity index (χ0v) is 10.1. The Balaban J connectivity index is 1.92. The minimum absolute atomic E-state index is 0.0995. The highest BCUT2D eigenvalue weighted by molar-refractivity contribution is 5.94. The van der Waals surface area contributed by atoms with Gasteiger partial charge in [0.25, 0.3) is 5.91 Å². The molecule has 1 fully saturated rings. The average molecular weight is 235 g/mol. The number of amides is 1. The Hall–Kier alpha value is -1.38. The highest BCUT2D eigenvalue weighted by Gasteiger charge is 2.25. The molecule has 1 aromatic carbocycles. The van der Waals surface area contributed by atoms with Crippen LogP contribution in [-0.2, 0) is 0 Å². The molecule has 2 nitrogen and oxygen atoms in total. The van der Waals surface area contributed by atoms with Crippen LogP contribution in [-0.4, -0.2) is 11.9 Å². The average Bonchev–Trinajstić information content (AvgIpc) is 3.13. The fraction of sp³-hybridized carbons (Fsp3) is 0.500. The third-order valence-electron chi connectivity index (χ3n) is 3.25. The highest BCUT2D eigenvalue weighted by Crippen LogP contribution is 2.34. The summed E-state index contributed by atoms with van der Waals surface area (Å²) in [5.41, 5.74) is 0.528. The molecule has 0 aromatic heterocycles. The van der Waals surface area contributed by atoms with Gasteiger partial charge in [-0.25, -0.2) is 4.39 Å². The van der Waals surface area contributed by atoms with Crippen LogP contribution < -0.4 is 5.32 Å². The molecule has 2 rings (SSSR count). The number of carbonyl (C=O) groups is 1.